The van der Waals surface area contributed by atoms with Gasteiger partial charge in [0.2, 0.25) is 5.95 Å². The van der Waals surface area contributed by atoms with Gasteiger partial charge in [-0.05, 0) is 40.8 Å². The van der Waals surface area contributed by atoms with E-state index in [-0.39, 0.29) is 34.6 Å². The molecular weight excluding hydrogens is 470 g/mol. The predicted molar refractivity (Wildman–Crippen MR) is 140 cm³/mol. The number of Topliss-reactive ketones (excluding diaryl/α,β-unsaturated/α-hetero) is 1. The van der Waals surface area contributed by atoms with E-state index in [0.29, 0.717) is 18.8 Å². The van der Waals surface area contributed by atoms with Gasteiger partial charge >= 0.3 is 0 Å². The van der Waals surface area contributed by atoms with E-state index in [4.69, 9.17) is 14.5 Å². The molecule has 9 heteroatoms. The Kier molecular flexibility index (Phi) is 6.45. The van der Waals surface area contributed by atoms with Crippen LogP contribution in [0.3, 0.4) is 0 Å². The first-order chi connectivity index (χ1) is 17.8. The van der Waals surface area contributed by atoms with Gasteiger partial charge in [-0.1, -0.05) is 38.1 Å². The third-order valence-corrected chi connectivity index (χ3v) is 6.99. The highest BCUT2D eigenvalue weighted by Gasteiger charge is 2.40. The molecule has 2 N–H and O–H groups in total. The fourth-order valence-electron chi connectivity index (χ4n) is 5.12. The molecule has 192 valence electrons. The fourth-order valence-corrected chi connectivity index (χ4v) is 5.12. The minimum Gasteiger partial charge on any atom is -0.511 e. The van der Waals surface area contributed by atoms with Crippen LogP contribution in [0.4, 0.5) is 5.95 Å². The second-order valence-corrected chi connectivity index (χ2v) is 10.2. The quantitative estimate of drug-likeness (QED) is 0.471. The Morgan fingerprint density at radius 3 is 2.24 bits per heavy atom. The second-order valence-electron chi connectivity index (χ2n) is 10.2. The van der Waals surface area contributed by atoms with Gasteiger partial charge in [-0.3, -0.25) is 9.79 Å². The van der Waals surface area contributed by atoms with Crippen LogP contribution in [0.2, 0.25) is 0 Å². The lowest BCUT2D eigenvalue weighted by molar-refractivity contribution is -0.117. The molecule has 0 radical (unpaired) electrons. The van der Waals surface area contributed by atoms with Crippen LogP contribution in [-0.2, 0) is 4.79 Å². The van der Waals surface area contributed by atoms with E-state index >= 15 is 0 Å². The predicted octanol–water partition coefficient (Wildman–Crippen LogP) is 4.69. The van der Waals surface area contributed by atoms with Gasteiger partial charge in [0.05, 0.1) is 25.8 Å². The van der Waals surface area contributed by atoms with Crippen molar-refractivity contribution in [2.45, 2.75) is 44.8 Å². The number of rotatable bonds is 6. The Morgan fingerprint density at radius 1 is 1.03 bits per heavy atom. The van der Waals surface area contributed by atoms with E-state index in [1.54, 1.807) is 14.2 Å². The van der Waals surface area contributed by atoms with Crippen LogP contribution in [-0.4, -0.2) is 52.1 Å². The number of nitrogens with zero attached hydrogens (tertiary/aromatic N) is 4. The van der Waals surface area contributed by atoms with E-state index in [0.717, 1.165) is 22.6 Å². The number of nitrogens with one attached hydrogen (secondary N) is 1. The molecule has 0 spiro atoms. The highest BCUT2D eigenvalue weighted by Crippen LogP contribution is 2.41. The maximum absolute atomic E-state index is 12.9. The first kappa shape index (κ1) is 24.5. The molecule has 2 aromatic carbocycles. The Labute approximate surface area is 215 Å². The van der Waals surface area contributed by atoms with Crippen LogP contribution < -0.4 is 14.8 Å². The molecule has 1 aromatic heterocycles. The summed E-state index contributed by atoms with van der Waals surface area (Å²) in [4.78, 5) is 22.3. The zero-order valence-corrected chi connectivity index (χ0v) is 21.4. The maximum Gasteiger partial charge on any atom is 0.222 e. The largest absolute Gasteiger partial charge is 0.511 e. The highest BCUT2D eigenvalue weighted by atomic mass is 16.5. The summed E-state index contributed by atoms with van der Waals surface area (Å²) in [6.07, 6.45) is 3.84. The summed E-state index contributed by atoms with van der Waals surface area (Å²) in [5, 5.41) is 18.7. The fraction of sp³-hybridized carbons (Fsp3) is 0.357. The monoisotopic (exact) mass is 501 g/mol. The van der Waals surface area contributed by atoms with Crippen molar-refractivity contribution in [2.24, 2.45) is 10.4 Å². The van der Waals surface area contributed by atoms with Gasteiger partial charge in [-0.25, -0.2) is 4.68 Å². The molecule has 1 aliphatic carbocycles. The van der Waals surface area contributed by atoms with E-state index in [1.807, 2.05) is 67.1 Å². The topological polar surface area (TPSA) is 111 Å². The molecular formula is C28H31N5O4. The van der Waals surface area contributed by atoms with Crippen molar-refractivity contribution in [1.29, 1.82) is 0 Å². The van der Waals surface area contributed by atoms with Crippen molar-refractivity contribution in [3.05, 3.63) is 77.3 Å². The number of aliphatic imine (C=N–C) groups is 1. The zero-order chi connectivity index (χ0) is 26.2. The van der Waals surface area contributed by atoms with Gasteiger partial charge in [0.1, 0.15) is 35.7 Å². The molecule has 9 nitrogen and oxygen atoms in total. The highest BCUT2D eigenvalue weighted by molar-refractivity contribution is 6.14. The number of methoxy groups -OCH3 is 2. The van der Waals surface area contributed by atoms with Crippen molar-refractivity contribution in [1.82, 2.24) is 14.8 Å². The number of carbonyl (C=O) groups excluding carboxylic acids is 1. The smallest absolute Gasteiger partial charge is 0.222 e. The molecule has 0 fully saturated rings. The van der Waals surface area contributed by atoms with Crippen LogP contribution in [0.5, 0.6) is 11.5 Å². The van der Waals surface area contributed by atoms with Crippen molar-refractivity contribution < 1.29 is 19.4 Å². The normalized spacial score (nSPS) is 23.0. The second kappa shape index (κ2) is 9.72. The maximum atomic E-state index is 12.9. The molecule has 0 amide bonds. The SMILES string of the molecule is COc1ccc([C@@H]2Nc3ncnn3[C@@H](c3ccc(OC)cc3)[C@H]2N=CC2=C(O)CC(C)(C)CC2=O)cc1. The first-order valence-electron chi connectivity index (χ1n) is 12.2. The Morgan fingerprint density at radius 2 is 1.65 bits per heavy atom. The van der Waals surface area contributed by atoms with Gasteiger partial charge in [-0.15, -0.1) is 0 Å². The van der Waals surface area contributed by atoms with Gasteiger partial charge in [0.15, 0.2) is 5.78 Å². The number of benzene rings is 2. The number of hydrogen-bond acceptors (Lipinski definition) is 8. The summed E-state index contributed by atoms with van der Waals surface area (Å²) >= 11 is 0. The number of ketones is 1. The third kappa shape index (κ3) is 4.81. The lowest BCUT2D eigenvalue weighted by Crippen LogP contribution is -2.40. The third-order valence-electron chi connectivity index (χ3n) is 6.99. The van der Waals surface area contributed by atoms with Crippen molar-refractivity contribution in [3.8, 4) is 11.5 Å². The lowest BCUT2D eigenvalue weighted by Gasteiger charge is -2.37. The van der Waals surface area contributed by atoms with Crippen LogP contribution in [0, 0.1) is 5.41 Å². The molecule has 0 saturated heterocycles. The summed E-state index contributed by atoms with van der Waals surface area (Å²) in [7, 11) is 3.26. The summed E-state index contributed by atoms with van der Waals surface area (Å²) in [6, 6.07) is 14.5. The van der Waals surface area contributed by atoms with E-state index < -0.39 is 6.04 Å². The van der Waals surface area contributed by atoms with Crippen molar-refractivity contribution >= 4 is 17.9 Å². The first-order valence-corrected chi connectivity index (χ1v) is 12.2. The van der Waals surface area contributed by atoms with E-state index in [1.165, 1.54) is 12.5 Å². The number of allylic oxidation sites excluding steroid dienone is 2. The standard InChI is InChI=1S/C28H31N5O4/c1-28(2)13-22(34)21(23(35)14-28)15-29-25-24(17-5-9-19(36-3)10-6-17)32-27-30-16-31-33(27)26(25)18-7-11-20(37-4)12-8-18/h5-12,15-16,24-26,34H,13-14H2,1-4H3,(H,30,31,32)/t24-,25-,26-/m0/s1. The Hall–Kier alpha value is -4.14. The van der Waals surface area contributed by atoms with Gasteiger partial charge < -0.3 is 19.9 Å². The number of aliphatic hydroxyl groups is 1. The van der Waals surface area contributed by atoms with Crippen LogP contribution in [0.15, 0.2) is 71.2 Å². The summed E-state index contributed by atoms with van der Waals surface area (Å²) in [6.45, 7) is 3.96. The lowest BCUT2D eigenvalue weighted by atomic mass is 9.77. The molecule has 0 unspecified atom stereocenters. The van der Waals surface area contributed by atoms with Gasteiger partial charge in [0, 0.05) is 19.1 Å². The number of aromatic nitrogens is 3. The summed E-state index contributed by atoms with van der Waals surface area (Å²) in [5.41, 5.74) is 1.93. The van der Waals surface area contributed by atoms with Crippen molar-refractivity contribution in [2.75, 3.05) is 19.5 Å². The zero-order valence-electron chi connectivity index (χ0n) is 21.4. The number of hydrogen-bond donors (Lipinski definition) is 2. The molecule has 3 aromatic rings. The van der Waals surface area contributed by atoms with Gasteiger partial charge in [-0.2, -0.15) is 10.1 Å². The molecule has 2 aliphatic rings. The molecule has 2 heterocycles. The molecule has 0 saturated carbocycles. The minimum absolute atomic E-state index is 0.0807. The number of carbonyl (C=O) groups is 1. The van der Waals surface area contributed by atoms with Crippen molar-refractivity contribution in [3.63, 3.8) is 0 Å². The minimum atomic E-state index is -0.418. The number of ether oxygens (including phenoxy) is 2. The number of aliphatic hydroxyl groups excluding tert-OH is 1. The number of anilines is 1. The molecule has 5 rings (SSSR count). The average Bonchev–Trinajstić information content (AvgIpc) is 3.35. The van der Waals surface area contributed by atoms with Gasteiger partial charge in [0.25, 0.3) is 0 Å². The molecule has 0 bridgehead atoms. The van der Waals surface area contributed by atoms with Crippen LogP contribution in [0.25, 0.3) is 0 Å². The van der Waals surface area contributed by atoms with E-state index in [2.05, 4.69) is 15.4 Å². The summed E-state index contributed by atoms with van der Waals surface area (Å²) in [5.74, 6) is 2.08. The Bertz CT molecular complexity index is 1340. The number of fused-ring (bicyclic) bond motifs is 1. The molecule has 37 heavy (non-hydrogen) atoms. The summed E-state index contributed by atoms with van der Waals surface area (Å²) < 4.78 is 12.5. The van der Waals surface area contributed by atoms with E-state index in [9.17, 15) is 9.90 Å². The average molecular weight is 502 g/mol. The Balaban J connectivity index is 1.62. The molecule has 3 atom stereocenters. The molecule has 1 aliphatic heterocycles. The van der Waals surface area contributed by atoms with Crippen LogP contribution >= 0.6 is 0 Å². The van der Waals surface area contributed by atoms with Crippen LogP contribution in [0.1, 0.15) is 49.9 Å².